The van der Waals surface area contributed by atoms with Crippen molar-refractivity contribution in [1.82, 2.24) is 5.32 Å². The number of Topliss-reactive ketones (excluding diaryl/α,β-unsaturated/α-hetero) is 4. The van der Waals surface area contributed by atoms with Crippen LogP contribution in [0.1, 0.15) is 75.7 Å². The minimum absolute atomic E-state index is 0.0400. The Morgan fingerprint density at radius 2 is 1.65 bits per heavy atom. The first-order valence-corrected chi connectivity index (χ1v) is 13.7. The largest absolute Gasteiger partial charge is 0.505 e. The molecule has 7 atom stereocenters. The van der Waals surface area contributed by atoms with Gasteiger partial charge in [-0.25, -0.2) is 0 Å². The quantitative estimate of drug-likeness (QED) is 0.227. The van der Waals surface area contributed by atoms with Gasteiger partial charge < -0.3 is 31.7 Å². The van der Waals surface area contributed by atoms with E-state index in [1.807, 2.05) is 0 Å². The van der Waals surface area contributed by atoms with E-state index in [4.69, 9.17) is 5.73 Å². The highest BCUT2D eigenvalue weighted by molar-refractivity contribution is 6.31. The fourth-order valence-corrected chi connectivity index (χ4v) is 8.12. The SMILES string of the molecule is C[C@H]1c2ccc(NC3CC(C)(C)NC(C)(C)C3)c(O)c2C(=O)C2C(=O)[C@]3(O)C(=O)C(C(N)=O)C(=O)C[C@@H]3[C@@H](O)[C@@H]21. The lowest BCUT2D eigenvalue weighted by Gasteiger charge is -2.52. The summed E-state index contributed by atoms with van der Waals surface area (Å²) in [5, 5.41) is 41.0. The number of aromatic hydroxyl groups is 1. The zero-order valence-corrected chi connectivity index (χ0v) is 23.3. The van der Waals surface area contributed by atoms with Gasteiger partial charge in [-0.2, -0.15) is 0 Å². The molecule has 2 saturated carbocycles. The number of carbonyl (C=O) groups is 5. The van der Waals surface area contributed by atoms with Gasteiger partial charge in [0.05, 0.1) is 23.3 Å². The number of hydrogen-bond donors (Lipinski definition) is 6. The molecule has 0 radical (unpaired) electrons. The number of aliphatic hydroxyl groups is 2. The topological polar surface area (TPSA) is 196 Å². The lowest BCUT2D eigenvalue weighted by Crippen LogP contribution is -2.72. The van der Waals surface area contributed by atoms with Gasteiger partial charge in [-0.1, -0.05) is 13.0 Å². The van der Waals surface area contributed by atoms with Crippen molar-refractivity contribution in [3.8, 4) is 5.75 Å². The highest BCUT2D eigenvalue weighted by Gasteiger charge is 2.69. The molecule has 1 aliphatic heterocycles. The minimum atomic E-state index is -2.93. The molecule has 7 N–H and O–H groups in total. The summed E-state index contributed by atoms with van der Waals surface area (Å²) in [6.45, 7) is 10.0. The molecule has 1 heterocycles. The van der Waals surface area contributed by atoms with Crippen LogP contribution in [0.15, 0.2) is 12.1 Å². The van der Waals surface area contributed by atoms with E-state index < -0.39 is 76.8 Å². The Labute approximate surface area is 231 Å². The van der Waals surface area contributed by atoms with Gasteiger partial charge in [0.2, 0.25) is 5.91 Å². The van der Waals surface area contributed by atoms with Gasteiger partial charge in [0, 0.05) is 35.4 Å². The number of phenolic OH excluding ortho intramolecular Hbond substituents is 1. The van der Waals surface area contributed by atoms with Crippen LogP contribution in [0.25, 0.3) is 0 Å². The normalized spacial score (nSPS) is 36.9. The van der Waals surface area contributed by atoms with Crippen LogP contribution in [0.5, 0.6) is 5.75 Å². The number of fused-ring (bicyclic) bond motifs is 3. The smallest absolute Gasteiger partial charge is 0.235 e. The van der Waals surface area contributed by atoms with Gasteiger partial charge in [0.1, 0.15) is 5.75 Å². The molecule has 1 saturated heterocycles. The molecule has 2 unspecified atom stereocenters. The van der Waals surface area contributed by atoms with E-state index in [1.165, 1.54) is 0 Å². The number of nitrogens with one attached hydrogen (secondary N) is 2. The Morgan fingerprint density at radius 1 is 1.05 bits per heavy atom. The molecular weight excluding hydrogens is 518 g/mol. The van der Waals surface area contributed by atoms with Crippen molar-refractivity contribution >= 4 is 34.7 Å². The van der Waals surface area contributed by atoms with E-state index in [0.717, 1.165) is 12.8 Å². The predicted molar refractivity (Wildman–Crippen MR) is 143 cm³/mol. The lowest BCUT2D eigenvalue weighted by molar-refractivity contribution is -0.189. The fourth-order valence-electron chi connectivity index (χ4n) is 8.12. The third-order valence-corrected chi connectivity index (χ3v) is 9.41. The summed E-state index contributed by atoms with van der Waals surface area (Å²) in [5.74, 6) is -12.9. The molecule has 40 heavy (non-hydrogen) atoms. The van der Waals surface area contributed by atoms with Crippen LogP contribution >= 0.6 is 0 Å². The first kappa shape index (κ1) is 28.4. The average molecular weight is 556 g/mol. The second-order valence-electron chi connectivity index (χ2n) is 13.4. The van der Waals surface area contributed by atoms with Gasteiger partial charge in [-0.15, -0.1) is 0 Å². The number of piperidine rings is 1. The van der Waals surface area contributed by atoms with E-state index in [2.05, 4.69) is 38.3 Å². The second kappa shape index (κ2) is 8.92. The molecule has 1 amide bonds. The molecule has 4 aliphatic rings. The van der Waals surface area contributed by atoms with Gasteiger partial charge in [-0.05, 0) is 58.1 Å². The van der Waals surface area contributed by atoms with E-state index in [0.29, 0.717) is 11.3 Å². The molecule has 0 spiro atoms. The average Bonchev–Trinajstić information content (AvgIpc) is 2.81. The minimum Gasteiger partial charge on any atom is -0.505 e. The summed E-state index contributed by atoms with van der Waals surface area (Å²) in [6, 6.07) is 3.30. The van der Waals surface area contributed by atoms with Crippen LogP contribution in [-0.4, -0.2) is 73.2 Å². The van der Waals surface area contributed by atoms with Crippen LogP contribution < -0.4 is 16.4 Å². The first-order valence-electron chi connectivity index (χ1n) is 13.7. The Morgan fingerprint density at radius 3 is 2.23 bits per heavy atom. The van der Waals surface area contributed by atoms with E-state index in [1.54, 1.807) is 19.1 Å². The number of hydrogen-bond acceptors (Lipinski definition) is 10. The summed E-state index contributed by atoms with van der Waals surface area (Å²) in [5.41, 5.74) is 2.54. The summed E-state index contributed by atoms with van der Waals surface area (Å²) < 4.78 is 0. The first-order chi connectivity index (χ1) is 18.4. The summed E-state index contributed by atoms with van der Waals surface area (Å²) in [6.07, 6.45) is -0.719. The van der Waals surface area contributed by atoms with Crippen molar-refractivity contribution in [3.05, 3.63) is 23.3 Å². The van der Waals surface area contributed by atoms with E-state index in [-0.39, 0.29) is 28.4 Å². The fraction of sp³-hybridized carbons (Fsp3) is 0.621. The van der Waals surface area contributed by atoms with Crippen LogP contribution in [0.3, 0.4) is 0 Å². The Balaban J connectivity index is 1.54. The number of phenols is 1. The number of benzene rings is 1. The van der Waals surface area contributed by atoms with Crippen LogP contribution in [0.2, 0.25) is 0 Å². The second-order valence-corrected chi connectivity index (χ2v) is 13.4. The van der Waals surface area contributed by atoms with Crippen LogP contribution in [-0.2, 0) is 19.2 Å². The highest BCUT2D eigenvalue weighted by atomic mass is 16.3. The summed E-state index contributed by atoms with van der Waals surface area (Å²) in [7, 11) is 0. The number of anilines is 1. The van der Waals surface area contributed by atoms with Gasteiger partial charge in [0.15, 0.2) is 34.7 Å². The predicted octanol–water partition coefficient (Wildman–Crippen LogP) is 0.580. The lowest BCUT2D eigenvalue weighted by atomic mass is 9.50. The number of nitrogens with two attached hydrogens (primary N) is 1. The monoisotopic (exact) mass is 555 g/mol. The molecule has 216 valence electrons. The standard InChI is InChI=1S/C29H37N3O8/c1-11-13-6-7-15(31-12-9-27(2,3)32-28(4,5)10-12)22(35)18(13)23(36)20-17(11)21(34)14-8-16(33)19(26(30)39)24(37)29(14,40)25(20)38/h6-7,11-12,14,17,19-21,31-32,34-35,40H,8-10H2,1-5H3,(H2,30,39)/t11-,14+,17+,19?,20?,21+,29+/m0/s1. The Hall–Kier alpha value is -3.15. The van der Waals surface area contributed by atoms with Crippen LogP contribution in [0, 0.1) is 23.7 Å². The van der Waals surface area contributed by atoms with Gasteiger partial charge in [-0.3, -0.25) is 24.0 Å². The van der Waals surface area contributed by atoms with E-state index in [9.17, 15) is 39.3 Å². The molecule has 1 aromatic rings. The van der Waals surface area contributed by atoms with Crippen molar-refractivity contribution in [2.24, 2.45) is 29.4 Å². The zero-order valence-electron chi connectivity index (χ0n) is 23.3. The van der Waals surface area contributed by atoms with Crippen molar-refractivity contribution in [1.29, 1.82) is 0 Å². The van der Waals surface area contributed by atoms with Crippen molar-refractivity contribution in [3.63, 3.8) is 0 Å². The Bertz CT molecular complexity index is 1340. The number of aliphatic hydroxyl groups excluding tert-OH is 1. The van der Waals surface area contributed by atoms with Crippen molar-refractivity contribution in [2.75, 3.05) is 5.32 Å². The maximum Gasteiger partial charge on any atom is 0.235 e. The molecular formula is C29H37N3O8. The summed E-state index contributed by atoms with van der Waals surface area (Å²) >= 11 is 0. The molecule has 3 aliphatic carbocycles. The molecule has 1 aromatic carbocycles. The molecule has 11 heteroatoms. The van der Waals surface area contributed by atoms with Crippen molar-refractivity contribution in [2.45, 2.75) is 88.6 Å². The van der Waals surface area contributed by atoms with Gasteiger partial charge in [0.25, 0.3) is 0 Å². The third kappa shape index (κ3) is 4.01. The molecule has 0 aromatic heterocycles. The maximum absolute atomic E-state index is 13.9. The third-order valence-electron chi connectivity index (χ3n) is 9.41. The molecule has 5 rings (SSSR count). The molecule has 11 nitrogen and oxygen atoms in total. The van der Waals surface area contributed by atoms with E-state index >= 15 is 0 Å². The Kier molecular flexibility index (Phi) is 6.33. The maximum atomic E-state index is 13.9. The van der Waals surface area contributed by atoms with Crippen molar-refractivity contribution < 1.29 is 39.3 Å². The number of primary amides is 1. The highest BCUT2D eigenvalue weighted by Crippen LogP contribution is 2.54. The molecule has 3 fully saturated rings. The van der Waals surface area contributed by atoms with Crippen LogP contribution in [0.4, 0.5) is 5.69 Å². The zero-order chi connectivity index (χ0) is 29.7. The molecule has 0 bridgehead atoms. The number of carbonyl (C=O) groups excluding carboxylic acids is 5. The van der Waals surface area contributed by atoms with Gasteiger partial charge >= 0.3 is 0 Å². The summed E-state index contributed by atoms with van der Waals surface area (Å²) in [4.78, 5) is 65.3. The number of amides is 1. The number of rotatable bonds is 3. The number of ketones is 4.